The van der Waals surface area contributed by atoms with Crippen molar-refractivity contribution in [2.24, 2.45) is 5.41 Å². The number of hydrazine groups is 1. The number of aryl methyl sites for hydroxylation is 2. The van der Waals surface area contributed by atoms with Gasteiger partial charge in [-0.1, -0.05) is 80.1 Å². The van der Waals surface area contributed by atoms with Gasteiger partial charge in [-0.05, 0) is 117 Å². The fourth-order valence-corrected chi connectivity index (χ4v) is 6.32. The van der Waals surface area contributed by atoms with Gasteiger partial charge in [-0.2, -0.15) is 0 Å². The molecule has 0 aromatic heterocycles. The molecule has 37 heavy (non-hydrogen) atoms. The number of benzene rings is 2. The van der Waals surface area contributed by atoms with E-state index in [0.717, 1.165) is 19.4 Å². The average molecular weight is 499 g/mol. The van der Waals surface area contributed by atoms with Crippen LogP contribution in [0.25, 0.3) is 12.2 Å². The van der Waals surface area contributed by atoms with E-state index in [9.17, 15) is 0 Å². The predicted octanol–water partition coefficient (Wildman–Crippen LogP) is 9.18. The second kappa shape index (κ2) is 12.9. The fraction of sp³-hybridized carbons (Fsp3) is 0.486. The maximum Gasteiger partial charge on any atom is 0.0384 e. The van der Waals surface area contributed by atoms with Crippen molar-refractivity contribution >= 4 is 12.2 Å². The molecule has 0 heterocycles. The van der Waals surface area contributed by atoms with E-state index in [-0.39, 0.29) is 5.41 Å². The predicted molar refractivity (Wildman–Crippen MR) is 164 cm³/mol. The molecule has 0 unspecified atom stereocenters. The molecule has 2 aromatic rings. The third kappa shape index (κ3) is 7.33. The number of nitrogens with one attached hydrogen (secondary N) is 1. The van der Waals surface area contributed by atoms with E-state index in [1.165, 1.54) is 71.1 Å². The summed E-state index contributed by atoms with van der Waals surface area (Å²) in [6.07, 6.45) is 17.4. The van der Waals surface area contributed by atoms with Crippen LogP contribution in [0.5, 0.6) is 0 Å². The first-order valence-electron chi connectivity index (χ1n) is 14.2. The molecule has 2 heteroatoms. The summed E-state index contributed by atoms with van der Waals surface area (Å²) in [5.41, 5.74) is 13.7. The molecule has 1 aliphatic rings. The summed E-state index contributed by atoms with van der Waals surface area (Å²) >= 11 is 0. The molecule has 2 aromatic carbocycles. The summed E-state index contributed by atoms with van der Waals surface area (Å²) < 4.78 is 0. The van der Waals surface area contributed by atoms with Gasteiger partial charge in [0.15, 0.2) is 0 Å². The molecule has 0 spiro atoms. The molecule has 200 valence electrons. The number of hydrogen-bond acceptors (Lipinski definition) is 2. The van der Waals surface area contributed by atoms with Gasteiger partial charge in [0.05, 0.1) is 0 Å². The minimum atomic E-state index is 0.180. The van der Waals surface area contributed by atoms with Crippen LogP contribution in [0.4, 0.5) is 0 Å². The van der Waals surface area contributed by atoms with E-state index in [4.69, 9.17) is 0 Å². The summed E-state index contributed by atoms with van der Waals surface area (Å²) in [7, 11) is 4.11. The van der Waals surface area contributed by atoms with E-state index < -0.39 is 0 Å². The highest BCUT2D eigenvalue weighted by Crippen LogP contribution is 2.52. The van der Waals surface area contributed by atoms with E-state index in [2.05, 4.69) is 119 Å². The molecule has 0 atom stereocenters. The van der Waals surface area contributed by atoms with Crippen LogP contribution in [0.1, 0.15) is 99.1 Å². The molecule has 0 aliphatic heterocycles. The zero-order valence-electron chi connectivity index (χ0n) is 24.6. The van der Waals surface area contributed by atoms with Gasteiger partial charge in [0.2, 0.25) is 0 Å². The summed E-state index contributed by atoms with van der Waals surface area (Å²) in [6, 6.07) is 13.7. The Morgan fingerprint density at radius 1 is 1.05 bits per heavy atom. The summed E-state index contributed by atoms with van der Waals surface area (Å²) in [5.74, 6) is 0. The van der Waals surface area contributed by atoms with E-state index in [1.54, 1.807) is 0 Å². The topological polar surface area (TPSA) is 15.3 Å². The highest BCUT2D eigenvalue weighted by Gasteiger charge is 2.41. The molecule has 0 amide bonds. The van der Waals surface area contributed by atoms with Gasteiger partial charge in [-0.3, -0.25) is 5.43 Å². The van der Waals surface area contributed by atoms with Gasteiger partial charge >= 0.3 is 0 Å². The Bertz CT molecular complexity index is 1110. The van der Waals surface area contributed by atoms with Crippen LogP contribution in [-0.4, -0.2) is 19.1 Å². The van der Waals surface area contributed by atoms with Crippen molar-refractivity contribution in [3.8, 4) is 0 Å². The lowest BCUT2D eigenvalue weighted by atomic mass is 9.58. The maximum atomic E-state index is 4.20. The monoisotopic (exact) mass is 498 g/mol. The van der Waals surface area contributed by atoms with Gasteiger partial charge in [0.25, 0.3) is 0 Å². The zero-order valence-corrected chi connectivity index (χ0v) is 24.6. The lowest BCUT2D eigenvalue weighted by Gasteiger charge is -2.46. The number of rotatable bonds is 11. The van der Waals surface area contributed by atoms with Crippen LogP contribution in [0.3, 0.4) is 0 Å². The van der Waals surface area contributed by atoms with Crippen molar-refractivity contribution in [2.75, 3.05) is 14.1 Å². The second-order valence-corrected chi connectivity index (χ2v) is 11.9. The SMILES string of the molecule is C=CCC1(c2cc(CN(C)NC)c(/C=C\CC)cc2C)CCC(C)(C/C(C)=C/c2ccccc2C)CC1. The lowest BCUT2D eigenvalue weighted by Crippen LogP contribution is -2.37. The lowest BCUT2D eigenvalue weighted by molar-refractivity contribution is 0.143. The quantitative estimate of drug-likeness (QED) is 0.245. The average Bonchev–Trinajstić information content (AvgIpc) is 2.87. The van der Waals surface area contributed by atoms with Crippen molar-refractivity contribution < 1.29 is 0 Å². The van der Waals surface area contributed by atoms with E-state index in [1.807, 2.05) is 7.05 Å². The first-order chi connectivity index (χ1) is 17.6. The van der Waals surface area contributed by atoms with Gasteiger partial charge in [0, 0.05) is 13.6 Å². The Hall–Kier alpha value is -2.42. The first-order valence-corrected chi connectivity index (χ1v) is 14.2. The van der Waals surface area contributed by atoms with Gasteiger partial charge in [-0.25, -0.2) is 5.01 Å². The van der Waals surface area contributed by atoms with Crippen LogP contribution in [0.15, 0.2) is 60.7 Å². The fourth-order valence-electron chi connectivity index (χ4n) is 6.32. The third-order valence-electron chi connectivity index (χ3n) is 8.63. The molecule has 0 saturated heterocycles. The van der Waals surface area contributed by atoms with Crippen LogP contribution in [-0.2, 0) is 12.0 Å². The largest absolute Gasteiger partial charge is 0.258 e. The molecule has 2 nitrogen and oxygen atoms in total. The third-order valence-corrected chi connectivity index (χ3v) is 8.63. The molecule has 0 bridgehead atoms. The second-order valence-electron chi connectivity index (χ2n) is 11.9. The Kier molecular flexibility index (Phi) is 10.2. The number of nitrogens with zero attached hydrogens (tertiary/aromatic N) is 1. The molecule has 1 aliphatic carbocycles. The van der Waals surface area contributed by atoms with Crippen LogP contribution in [0.2, 0.25) is 0 Å². The zero-order chi connectivity index (χ0) is 27.1. The Morgan fingerprint density at radius 3 is 2.38 bits per heavy atom. The van der Waals surface area contributed by atoms with Crippen molar-refractivity contribution in [1.29, 1.82) is 0 Å². The van der Waals surface area contributed by atoms with E-state index in [0.29, 0.717) is 5.41 Å². The summed E-state index contributed by atoms with van der Waals surface area (Å²) in [6.45, 7) is 16.6. The first kappa shape index (κ1) is 29.1. The summed E-state index contributed by atoms with van der Waals surface area (Å²) in [4.78, 5) is 0. The van der Waals surface area contributed by atoms with Crippen LogP contribution >= 0.6 is 0 Å². The molecule has 1 N–H and O–H groups in total. The van der Waals surface area contributed by atoms with Crippen molar-refractivity contribution in [1.82, 2.24) is 10.4 Å². The molecular formula is C35H50N2. The Balaban J connectivity index is 1.89. The Morgan fingerprint density at radius 2 is 1.76 bits per heavy atom. The molecular weight excluding hydrogens is 448 g/mol. The van der Waals surface area contributed by atoms with Crippen molar-refractivity contribution in [3.05, 3.63) is 94.1 Å². The molecule has 0 radical (unpaired) electrons. The van der Waals surface area contributed by atoms with Gasteiger partial charge < -0.3 is 0 Å². The molecule has 1 saturated carbocycles. The molecule has 1 fully saturated rings. The summed E-state index contributed by atoms with van der Waals surface area (Å²) in [5, 5.41) is 2.17. The maximum absolute atomic E-state index is 4.20. The van der Waals surface area contributed by atoms with E-state index >= 15 is 0 Å². The standard InChI is InChI=1S/C35H50N2/c1-9-11-15-31-23-29(5)33(24-32(31)26-37(8)36-7)35(17-10-2)20-18-34(6,19-21-35)25-27(3)22-30-16-13-12-14-28(30)4/h10-16,22-24,36H,2,9,17-21,25-26H2,1,3-8H3/b15-11-,27-22+. The minimum Gasteiger partial charge on any atom is -0.258 e. The molecule has 3 rings (SSSR count). The normalized spacial score (nSPS) is 22.6. The number of allylic oxidation sites excluding steroid dienone is 3. The highest BCUT2D eigenvalue weighted by atomic mass is 15.5. The number of hydrogen-bond donors (Lipinski definition) is 1. The van der Waals surface area contributed by atoms with Gasteiger partial charge in [-0.15, -0.1) is 6.58 Å². The van der Waals surface area contributed by atoms with Gasteiger partial charge in [0.1, 0.15) is 0 Å². The smallest absolute Gasteiger partial charge is 0.0384 e. The Labute approximate surface area is 227 Å². The minimum absolute atomic E-state index is 0.180. The highest BCUT2D eigenvalue weighted by molar-refractivity contribution is 5.58. The van der Waals surface area contributed by atoms with Crippen molar-refractivity contribution in [2.45, 2.75) is 91.5 Å². The van der Waals surface area contributed by atoms with Crippen molar-refractivity contribution in [3.63, 3.8) is 0 Å². The van der Waals surface area contributed by atoms with Crippen LogP contribution in [0, 0.1) is 19.3 Å². The van der Waals surface area contributed by atoms with Crippen LogP contribution < -0.4 is 5.43 Å².